The fourth-order valence-corrected chi connectivity index (χ4v) is 2.52. The number of anilines is 1. The molecule has 1 amide bonds. The summed E-state index contributed by atoms with van der Waals surface area (Å²) in [5.74, 6) is -1.36. The van der Waals surface area contributed by atoms with Crippen LogP contribution in [0.15, 0.2) is 18.2 Å². The van der Waals surface area contributed by atoms with Crippen molar-refractivity contribution in [2.24, 2.45) is 11.1 Å². The summed E-state index contributed by atoms with van der Waals surface area (Å²) in [5, 5.41) is 11.9. The average molecular weight is 313 g/mol. The van der Waals surface area contributed by atoms with Gasteiger partial charge in [-0.15, -0.1) is 0 Å². The molecule has 114 valence electrons. The number of nitrogens with one attached hydrogen (secondary N) is 1. The minimum Gasteiger partial charge on any atom is -0.478 e. The average Bonchev–Trinajstić information content (AvgIpc) is 2.49. The molecule has 0 bridgehead atoms. The van der Waals surface area contributed by atoms with Crippen molar-refractivity contribution in [1.82, 2.24) is 0 Å². The van der Waals surface area contributed by atoms with Gasteiger partial charge in [0, 0.05) is 25.4 Å². The summed E-state index contributed by atoms with van der Waals surface area (Å²) >= 11 is 5.80. The molecule has 1 saturated heterocycles. The van der Waals surface area contributed by atoms with Crippen LogP contribution in [0.25, 0.3) is 0 Å². The molecule has 0 radical (unpaired) electrons. The predicted octanol–water partition coefficient (Wildman–Crippen LogP) is 1.73. The summed E-state index contributed by atoms with van der Waals surface area (Å²) in [6.07, 6.45) is 1.10. The van der Waals surface area contributed by atoms with Crippen LogP contribution in [0.2, 0.25) is 5.02 Å². The lowest BCUT2D eigenvalue weighted by molar-refractivity contribution is -0.130. The Morgan fingerprint density at radius 2 is 2.05 bits per heavy atom. The number of aromatic carboxylic acids is 1. The lowest BCUT2D eigenvalue weighted by Gasteiger charge is -2.34. The van der Waals surface area contributed by atoms with E-state index in [2.05, 4.69) is 5.32 Å². The number of benzene rings is 1. The van der Waals surface area contributed by atoms with Gasteiger partial charge in [0.05, 0.1) is 16.0 Å². The zero-order valence-corrected chi connectivity index (χ0v) is 12.2. The summed E-state index contributed by atoms with van der Waals surface area (Å²) < 4.78 is 5.26. The van der Waals surface area contributed by atoms with Crippen molar-refractivity contribution in [1.29, 1.82) is 0 Å². The Kier molecular flexibility index (Phi) is 4.82. The number of nitrogens with two attached hydrogens (primary N) is 1. The Balaban J connectivity index is 2.19. The third-order valence-corrected chi connectivity index (χ3v) is 4.11. The van der Waals surface area contributed by atoms with Crippen LogP contribution in [0.3, 0.4) is 0 Å². The van der Waals surface area contributed by atoms with E-state index in [-0.39, 0.29) is 23.0 Å². The van der Waals surface area contributed by atoms with Crippen LogP contribution < -0.4 is 11.1 Å². The van der Waals surface area contributed by atoms with Gasteiger partial charge in [0.15, 0.2) is 0 Å². The van der Waals surface area contributed by atoms with Crippen molar-refractivity contribution in [2.45, 2.75) is 12.8 Å². The second kappa shape index (κ2) is 6.43. The zero-order chi connectivity index (χ0) is 15.5. The minimum atomic E-state index is -1.14. The SMILES string of the molecule is NCC1(C(=O)Nc2ccc(Cl)c(C(=O)O)c2)CCOCC1. The van der Waals surface area contributed by atoms with Crippen LogP contribution in [0.4, 0.5) is 5.69 Å². The predicted molar refractivity (Wildman–Crippen MR) is 78.6 cm³/mol. The normalized spacial score (nSPS) is 17.2. The highest BCUT2D eigenvalue weighted by Gasteiger charge is 2.38. The van der Waals surface area contributed by atoms with E-state index in [0.717, 1.165) is 0 Å². The van der Waals surface area contributed by atoms with Crippen molar-refractivity contribution < 1.29 is 19.4 Å². The fourth-order valence-electron chi connectivity index (χ4n) is 2.32. The highest BCUT2D eigenvalue weighted by Crippen LogP contribution is 2.31. The van der Waals surface area contributed by atoms with E-state index in [1.165, 1.54) is 12.1 Å². The van der Waals surface area contributed by atoms with Gasteiger partial charge in [0.25, 0.3) is 0 Å². The topological polar surface area (TPSA) is 102 Å². The molecule has 1 heterocycles. The highest BCUT2D eigenvalue weighted by molar-refractivity contribution is 6.33. The molecule has 0 saturated carbocycles. The first-order valence-corrected chi connectivity index (χ1v) is 6.98. The van der Waals surface area contributed by atoms with Crippen LogP contribution >= 0.6 is 11.6 Å². The highest BCUT2D eigenvalue weighted by atomic mass is 35.5. The summed E-state index contributed by atoms with van der Waals surface area (Å²) in [4.78, 5) is 23.5. The third kappa shape index (κ3) is 3.34. The molecule has 0 spiro atoms. The number of halogens is 1. The molecule has 7 heteroatoms. The van der Waals surface area contributed by atoms with E-state index in [4.69, 9.17) is 27.2 Å². The maximum Gasteiger partial charge on any atom is 0.337 e. The van der Waals surface area contributed by atoms with Gasteiger partial charge in [-0.3, -0.25) is 4.79 Å². The van der Waals surface area contributed by atoms with E-state index in [1.54, 1.807) is 6.07 Å². The summed E-state index contributed by atoms with van der Waals surface area (Å²) in [6, 6.07) is 4.35. The van der Waals surface area contributed by atoms with E-state index in [9.17, 15) is 9.59 Å². The van der Waals surface area contributed by atoms with E-state index in [1.807, 2.05) is 0 Å². The molecule has 1 aromatic carbocycles. The van der Waals surface area contributed by atoms with Gasteiger partial charge >= 0.3 is 5.97 Å². The standard InChI is InChI=1S/C14H17ClN2O4/c15-11-2-1-9(7-10(11)12(18)19)17-13(20)14(8-16)3-5-21-6-4-14/h1-2,7H,3-6,8,16H2,(H,17,20)(H,18,19). The molecule has 6 nitrogen and oxygen atoms in total. The summed E-state index contributed by atoms with van der Waals surface area (Å²) in [6.45, 7) is 1.21. The number of carboxylic acids is 1. The Hall–Kier alpha value is -1.63. The van der Waals surface area contributed by atoms with Crippen LogP contribution in [-0.2, 0) is 9.53 Å². The van der Waals surface area contributed by atoms with Crippen LogP contribution in [-0.4, -0.2) is 36.7 Å². The maximum absolute atomic E-state index is 12.5. The third-order valence-electron chi connectivity index (χ3n) is 3.78. The first kappa shape index (κ1) is 15.8. The van der Waals surface area contributed by atoms with Crippen molar-refractivity contribution in [3.05, 3.63) is 28.8 Å². The number of hydrogen-bond acceptors (Lipinski definition) is 4. The fraction of sp³-hybridized carbons (Fsp3) is 0.429. The second-order valence-corrected chi connectivity index (χ2v) is 5.46. The number of ether oxygens (including phenoxy) is 1. The zero-order valence-electron chi connectivity index (χ0n) is 11.4. The lowest BCUT2D eigenvalue weighted by Crippen LogP contribution is -2.46. The molecule has 0 aliphatic carbocycles. The number of carbonyl (C=O) groups is 2. The molecular weight excluding hydrogens is 296 g/mol. The smallest absolute Gasteiger partial charge is 0.337 e. The molecule has 0 unspecified atom stereocenters. The van der Waals surface area contributed by atoms with Gasteiger partial charge in [-0.25, -0.2) is 4.79 Å². The molecule has 1 aliphatic rings. The van der Waals surface area contributed by atoms with Gasteiger partial charge in [-0.2, -0.15) is 0 Å². The molecule has 21 heavy (non-hydrogen) atoms. The Morgan fingerprint density at radius 1 is 1.38 bits per heavy atom. The molecule has 1 fully saturated rings. The largest absolute Gasteiger partial charge is 0.478 e. The molecule has 2 rings (SSSR count). The van der Waals surface area contributed by atoms with Gasteiger partial charge in [0.2, 0.25) is 5.91 Å². The monoisotopic (exact) mass is 312 g/mol. The molecule has 0 aromatic heterocycles. The van der Waals surface area contributed by atoms with Crippen molar-refractivity contribution in [2.75, 3.05) is 25.1 Å². The summed E-state index contributed by atoms with van der Waals surface area (Å²) in [7, 11) is 0. The minimum absolute atomic E-state index is 0.0526. The van der Waals surface area contributed by atoms with Gasteiger partial charge in [-0.05, 0) is 31.0 Å². The van der Waals surface area contributed by atoms with Crippen LogP contribution in [0.1, 0.15) is 23.2 Å². The van der Waals surface area contributed by atoms with Crippen molar-refractivity contribution in [3.8, 4) is 0 Å². The van der Waals surface area contributed by atoms with E-state index < -0.39 is 11.4 Å². The lowest BCUT2D eigenvalue weighted by atomic mass is 9.79. The Morgan fingerprint density at radius 3 is 2.62 bits per heavy atom. The number of amides is 1. The van der Waals surface area contributed by atoms with E-state index >= 15 is 0 Å². The molecule has 4 N–H and O–H groups in total. The van der Waals surface area contributed by atoms with Crippen molar-refractivity contribution >= 4 is 29.2 Å². The summed E-state index contributed by atoms with van der Waals surface area (Å²) in [5.41, 5.74) is 5.44. The Labute approximate surface area is 127 Å². The molecule has 0 atom stereocenters. The van der Waals surface area contributed by atoms with Gasteiger partial charge in [-0.1, -0.05) is 11.6 Å². The maximum atomic E-state index is 12.5. The number of carboxylic acid groups (broad SMARTS) is 1. The second-order valence-electron chi connectivity index (χ2n) is 5.05. The molecular formula is C14H17ClN2O4. The first-order chi connectivity index (χ1) is 9.98. The number of rotatable bonds is 4. The first-order valence-electron chi connectivity index (χ1n) is 6.61. The van der Waals surface area contributed by atoms with Gasteiger partial charge < -0.3 is 20.9 Å². The number of carbonyl (C=O) groups excluding carboxylic acids is 1. The van der Waals surface area contributed by atoms with Crippen LogP contribution in [0.5, 0.6) is 0 Å². The van der Waals surface area contributed by atoms with E-state index in [0.29, 0.717) is 31.7 Å². The molecule has 1 aromatic rings. The van der Waals surface area contributed by atoms with Gasteiger partial charge in [0.1, 0.15) is 0 Å². The molecule has 1 aliphatic heterocycles. The Bertz CT molecular complexity index is 556. The number of hydrogen-bond donors (Lipinski definition) is 3. The van der Waals surface area contributed by atoms with Crippen molar-refractivity contribution in [3.63, 3.8) is 0 Å². The quantitative estimate of drug-likeness (QED) is 0.786. The van der Waals surface area contributed by atoms with Crippen LogP contribution in [0, 0.1) is 5.41 Å².